The average Bonchev–Trinajstić information content (AvgIpc) is 2.60. The second kappa shape index (κ2) is 3.25. The Bertz CT molecular complexity index is 238. The van der Waals surface area contributed by atoms with Gasteiger partial charge in [-0.3, -0.25) is 9.59 Å². The van der Waals surface area contributed by atoms with Crippen LogP contribution >= 0.6 is 23.2 Å². The van der Waals surface area contributed by atoms with Crippen LogP contribution in [0.15, 0.2) is 0 Å². The van der Waals surface area contributed by atoms with Crippen molar-refractivity contribution in [3.05, 3.63) is 0 Å². The molecule has 2 fully saturated rings. The molecule has 0 N–H and O–H groups in total. The minimum Gasteiger partial charge on any atom is -0.281 e. The van der Waals surface area contributed by atoms with Gasteiger partial charge in [0.25, 0.3) is 0 Å². The Morgan fingerprint density at radius 3 is 1.62 bits per heavy atom. The summed E-state index contributed by atoms with van der Waals surface area (Å²) in [7, 11) is 0. The first-order valence-electron chi connectivity index (χ1n) is 4.50. The maximum Gasteiger partial charge on any atom is 0.225 e. The van der Waals surface area contributed by atoms with Crippen molar-refractivity contribution < 1.29 is 9.59 Å². The van der Waals surface area contributed by atoms with Crippen LogP contribution in [0.5, 0.6) is 0 Å². The van der Waals surface area contributed by atoms with Gasteiger partial charge in [-0.2, -0.15) is 0 Å². The maximum absolute atomic E-state index is 11.1. The van der Waals surface area contributed by atoms with Crippen molar-refractivity contribution in [3.8, 4) is 0 Å². The summed E-state index contributed by atoms with van der Waals surface area (Å²) in [4.78, 5) is 22.2. The molecule has 0 aromatic rings. The van der Waals surface area contributed by atoms with Gasteiger partial charge in [0, 0.05) is 11.8 Å². The predicted octanol–water partition coefficient (Wildman–Crippen LogP) is 2.18. The third-order valence-electron chi connectivity index (χ3n) is 3.44. The summed E-state index contributed by atoms with van der Waals surface area (Å²) in [5.74, 6) is 0.0150. The van der Waals surface area contributed by atoms with Crippen molar-refractivity contribution >= 4 is 33.7 Å². The zero-order chi connectivity index (χ0) is 9.59. The molecule has 2 rings (SSSR count). The summed E-state index contributed by atoms with van der Waals surface area (Å²) >= 11 is 10.9. The Morgan fingerprint density at radius 2 is 1.31 bits per heavy atom. The molecule has 4 heteroatoms. The number of rotatable bonds is 2. The molecule has 0 aromatic heterocycles. The zero-order valence-corrected chi connectivity index (χ0v) is 8.52. The molecule has 0 heterocycles. The first-order valence-corrected chi connectivity index (χ1v) is 5.25. The van der Waals surface area contributed by atoms with E-state index in [2.05, 4.69) is 0 Å². The van der Waals surface area contributed by atoms with Gasteiger partial charge >= 0.3 is 0 Å². The number of carbonyl (C=O) groups excluding carboxylic acids is 2. The van der Waals surface area contributed by atoms with E-state index in [1.54, 1.807) is 0 Å². The highest BCUT2D eigenvalue weighted by Gasteiger charge is 2.52. The molecule has 0 aliphatic heterocycles. The van der Waals surface area contributed by atoms with Gasteiger partial charge in [0.15, 0.2) is 0 Å². The van der Waals surface area contributed by atoms with E-state index in [1.807, 2.05) is 0 Å². The van der Waals surface area contributed by atoms with Crippen molar-refractivity contribution in [2.45, 2.75) is 19.3 Å². The van der Waals surface area contributed by atoms with Crippen LogP contribution < -0.4 is 0 Å². The van der Waals surface area contributed by atoms with Gasteiger partial charge in [-0.1, -0.05) is 0 Å². The number of hydrogen-bond acceptors (Lipinski definition) is 2. The lowest BCUT2D eigenvalue weighted by Gasteiger charge is -2.24. The molecule has 2 aliphatic carbocycles. The minimum absolute atomic E-state index is 0.301. The molecule has 2 saturated carbocycles. The number of halogens is 2. The number of fused-ring (bicyclic) bond motifs is 2. The summed E-state index contributed by atoms with van der Waals surface area (Å²) < 4.78 is 0. The molecule has 13 heavy (non-hydrogen) atoms. The number of carbonyl (C=O) groups is 2. The molecular weight excluding hydrogens is 211 g/mol. The largest absolute Gasteiger partial charge is 0.281 e. The summed E-state index contributed by atoms with van der Waals surface area (Å²) in [6.45, 7) is 0. The third-order valence-corrected chi connectivity index (χ3v) is 3.94. The molecule has 0 radical (unpaired) electrons. The highest BCUT2D eigenvalue weighted by atomic mass is 35.5. The summed E-state index contributed by atoms with van der Waals surface area (Å²) in [6, 6.07) is 0. The van der Waals surface area contributed by atoms with E-state index in [9.17, 15) is 9.59 Å². The van der Waals surface area contributed by atoms with Gasteiger partial charge in [-0.15, -0.1) is 0 Å². The predicted molar refractivity (Wildman–Crippen MR) is 49.5 cm³/mol. The van der Waals surface area contributed by atoms with Crippen molar-refractivity contribution in [1.82, 2.24) is 0 Å². The Hall–Kier alpha value is -0.0800. The van der Waals surface area contributed by atoms with Crippen molar-refractivity contribution in [2.75, 3.05) is 0 Å². The van der Waals surface area contributed by atoms with Crippen LogP contribution in [0.3, 0.4) is 0 Å². The van der Waals surface area contributed by atoms with Gasteiger partial charge in [-0.25, -0.2) is 0 Å². The van der Waals surface area contributed by atoms with Crippen LogP contribution in [0, 0.1) is 23.7 Å². The average molecular weight is 221 g/mol. The smallest absolute Gasteiger partial charge is 0.225 e. The fourth-order valence-corrected chi connectivity index (χ4v) is 3.57. The van der Waals surface area contributed by atoms with Crippen LogP contribution in [0.1, 0.15) is 19.3 Å². The highest BCUT2D eigenvalue weighted by Crippen LogP contribution is 2.53. The SMILES string of the molecule is O=C(Cl)C1C2CC[C@H](C2)C1C(=O)Cl. The quantitative estimate of drug-likeness (QED) is 0.669. The molecule has 72 valence electrons. The summed E-state index contributed by atoms with van der Waals surface area (Å²) in [5, 5.41) is -0.766. The van der Waals surface area contributed by atoms with Crippen LogP contribution in [-0.2, 0) is 9.59 Å². The molecule has 0 aromatic carbocycles. The van der Waals surface area contributed by atoms with Crippen molar-refractivity contribution in [3.63, 3.8) is 0 Å². The molecule has 0 saturated heterocycles. The van der Waals surface area contributed by atoms with Crippen LogP contribution in [0.25, 0.3) is 0 Å². The van der Waals surface area contributed by atoms with Crippen molar-refractivity contribution in [2.24, 2.45) is 23.7 Å². The molecule has 2 aliphatic rings. The first kappa shape index (κ1) is 9.47. The highest BCUT2D eigenvalue weighted by molar-refractivity contribution is 6.66. The lowest BCUT2D eigenvalue weighted by molar-refractivity contribution is -0.125. The standard InChI is InChI=1S/C9H10Cl2O2/c10-8(12)6-4-1-2-5(3-4)7(6)9(11)13/h4-7H,1-3H2/t4-,5?,6?,7?/m1/s1. The molecule has 2 bridgehead atoms. The topological polar surface area (TPSA) is 34.1 Å². The Balaban J connectivity index is 2.24. The summed E-state index contributed by atoms with van der Waals surface area (Å²) in [5.41, 5.74) is 0. The van der Waals surface area contributed by atoms with E-state index < -0.39 is 0 Å². The van der Waals surface area contributed by atoms with Gasteiger partial charge in [-0.05, 0) is 54.3 Å². The van der Waals surface area contributed by atoms with Crippen molar-refractivity contribution in [1.29, 1.82) is 0 Å². The van der Waals surface area contributed by atoms with Gasteiger partial charge < -0.3 is 0 Å². The lowest BCUT2D eigenvalue weighted by Crippen LogP contribution is -2.30. The molecule has 0 amide bonds. The Kier molecular flexibility index (Phi) is 2.37. The zero-order valence-electron chi connectivity index (χ0n) is 7.00. The van der Waals surface area contributed by atoms with Crippen LogP contribution in [0.4, 0.5) is 0 Å². The van der Waals surface area contributed by atoms with E-state index >= 15 is 0 Å². The molecule has 0 spiro atoms. The van der Waals surface area contributed by atoms with E-state index in [4.69, 9.17) is 23.2 Å². The fraction of sp³-hybridized carbons (Fsp3) is 0.778. The molecule has 4 atom stereocenters. The number of hydrogen-bond donors (Lipinski definition) is 0. The fourth-order valence-electron chi connectivity index (χ4n) is 2.94. The van der Waals surface area contributed by atoms with Crippen LogP contribution in [0.2, 0.25) is 0 Å². The van der Waals surface area contributed by atoms with Crippen LogP contribution in [-0.4, -0.2) is 10.5 Å². The van der Waals surface area contributed by atoms with E-state index in [-0.39, 0.29) is 22.3 Å². The second-order valence-electron chi connectivity index (χ2n) is 3.99. The maximum atomic E-state index is 11.1. The van der Waals surface area contributed by atoms with Gasteiger partial charge in [0.05, 0.1) is 0 Å². The second-order valence-corrected chi connectivity index (χ2v) is 4.74. The monoisotopic (exact) mass is 220 g/mol. The molecular formula is C9H10Cl2O2. The van der Waals surface area contributed by atoms with Gasteiger partial charge in [0.2, 0.25) is 10.5 Å². The Morgan fingerprint density at radius 1 is 0.923 bits per heavy atom. The lowest BCUT2D eigenvalue weighted by atomic mass is 9.81. The van der Waals surface area contributed by atoms with E-state index in [0.717, 1.165) is 19.3 Å². The minimum atomic E-state index is -0.383. The molecule has 2 nitrogen and oxygen atoms in total. The van der Waals surface area contributed by atoms with E-state index in [0.29, 0.717) is 11.8 Å². The molecule has 3 unspecified atom stereocenters. The Labute approximate surface area is 86.6 Å². The van der Waals surface area contributed by atoms with Gasteiger partial charge in [0.1, 0.15) is 0 Å². The summed E-state index contributed by atoms with van der Waals surface area (Å²) in [6.07, 6.45) is 3.00. The first-order chi connectivity index (χ1) is 6.11. The third kappa shape index (κ3) is 1.40. The normalized spacial score (nSPS) is 42.3. The van der Waals surface area contributed by atoms with E-state index in [1.165, 1.54) is 0 Å².